The van der Waals surface area contributed by atoms with Crippen LogP contribution in [0.4, 0.5) is 17.2 Å². The van der Waals surface area contributed by atoms with Crippen LogP contribution in [0.2, 0.25) is 15.5 Å². The molecule has 0 saturated heterocycles. The third-order valence-corrected chi connectivity index (χ3v) is 3.43. The van der Waals surface area contributed by atoms with Gasteiger partial charge in [0.25, 0.3) is 0 Å². The third-order valence-electron chi connectivity index (χ3n) is 2.73. The van der Waals surface area contributed by atoms with Gasteiger partial charge in [0.1, 0.15) is 16.9 Å². The van der Waals surface area contributed by atoms with Gasteiger partial charge in [0.2, 0.25) is 11.0 Å². The van der Waals surface area contributed by atoms with Crippen molar-refractivity contribution in [2.45, 2.75) is 6.92 Å². The van der Waals surface area contributed by atoms with Crippen LogP contribution in [-0.2, 0) is 9.53 Å². The average molecular weight is 453 g/mol. The lowest BCUT2D eigenvalue weighted by Gasteiger charge is -2.05. The maximum atomic E-state index is 11.1. The Morgan fingerprint density at radius 3 is 2.07 bits per heavy atom. The number of aromatic nitrogens is 2. The standard InChI is InChI=1S/C9H10ClN3O4.C5H2Cl2N2O2/c1-2-17-8(14)5-11-9-6(13(15)16)3-4-7(10)12-9;6-4-2-1-3(9(10)11)5(7)8-4/h3-4H,2,5H2,1H3,(H,11,12);1-2H. The summed E-state index contributed by atoms with van der Waals surface area (Å²) < 4.78 is 4.66. The number of hydrogen-bond acceptors (Lipinski definition) is 9. The van der Waals surface area contributed by atoms with Gasteiger partial charge in [-0.2, -0.15) is 0 Å². The molecule has 2 aromatic rings. The van der Waals surface area contributed by atoms with Crippen molar-refractivity contribution in [2.75, 3.05) is 18.5 Å². The van der Waals surface area contributed by atoms with E-state index in [9.17, 15) is 25.0 Å². The van der Waals surface area contributed by atoms with Crippen molar-refractivity contribution >= 4 is 58.0 Å². The van der Waals surface area contributed by atoms with Crippen LogP contribution in [0.15, 0.2) is 24.3 Å². The number of pyridine rings is 2. The maximum absolute atomic E-state index is 11.1. The fraction of sp³-hybridized carbons (Fsp3) is 0.214. The summed E-state index contributed by atoms with van der Waals surface area (Å²) in [6.45, 7) is 1.70. The molecule has 2 aromatic heterocycles. The van der Waals surface area contributed by atoms with E-state index < -0.39 is 15.8 Å². The number of rotatable bonds is 6. The lowest BCUT2D eigenvalue weighted by atomic mass is 10.4. The molecule has 2 rings (SSSR count). The van der Waals surface area contributed by atoms with Gasteiger partial charge in [-0.1, -0.05) is 34.8 Å². The van der Waals surface area contributed by atoms with Crippen LogP contribution in [0.5, 0.6) is 0 Å². The number of carbonyl (C=O) groups excluding carboxylic acids is 1. The van der Waals surface area contributed by atoms with Gasteiger partial charge in [-0.15, -0.1) is 0 Å². The van der Waals surface area contributed by atoms with E-state index in [-0.39, 0.29) is 45.8 Å². The molecule has 11 nitrogen and oxygen atoms in total. The van der Waals surface area contributed by atoms with Gasteiger partial charge in [0.15, 0.2) is 0 Å². The van der Waals surface area contributed by atoms with Gasteiger partial charge in [0, 0.05) is 12.1 Å². The number of esters is 1. The first-order valence-corrected chi connectivity index (χ1v) is 8.46. The van der Waals surface area contributed by atoms with E-state index in [2.05, 4.69) is 20.0 Å². The molecule has 0 radical (unpaired) electrons. The van der Waals surface area contributed by atoms with Crippen LogP contribution in [-0.4, -0.2) is 38.9 Å². The van der Waals surface area contributed by atoms with Crippen molar-refractivity contribution in [3.8, 4) is 0 Å². The number of nitro groups is 2. The molecule has 150 valence electrons. The quantitative estimate of drug-likeness (QED) is 0.297. The van der Waals surface area contributed by atoms with Gasteiger partial charge in [0.05, 0.1) is 16.5 Å². The molecule has 14 heteroatoms. The Labute approximate surface area is 172 Å². The number of carbonyl (C=O) groups is 1. The number of halogens is 3. The molecule has 28 heavy (non-hydrogen) atoms. The van der Waals surface area contributed by atoms with Gasteiger partial charge >= 0.3 is 17.3 Å². The maximum Gasteiger partial charge on any atom is 0.325 e. The van der Waals surface area contributed by atoms with Crippen molar-refractivity contribution in [3.63, 3.8) is 0 Å². The molecule has 0 amide bonds. The monoisotopic (exact) mass is 451 g/mol. The number of hydrogen-bond donors (Lipinski definition) is 1. The second-order valence-corrected chi connectivity index (χ2v) is 5.75. The molecule has 0 aromatic carbocycles. The highest BCUT2D eigenvalue weighted by atomic mass is 35.5. The van der Waals surface area contributed by atoms with E-state index in [1.165, 1.54) is 24.3 Å². The summed E-state index contributed by atoms with van der Waals surface area (Å²) in [5, 5.41) is 23.4. The molecule has 0 spiro atoms. The van der Waals surface area contributed by atoms with Crippen LogP contribution in [0, 0.1) is 20.2 Å². The highest BCUT2D eigenvalue weighted by molar-refractivity contribution is 6.33. The largest absolute Gasteiger partial charge is 0.465 e. The highest BCUT2D eigenvalue weighted by Gasteiger charge is 2.16. The van der Waals surface area contributed by atoms with E-state index in [0.717, 1.165) is 0 Å². The van der Waals surface area contributed by atoms with Crippen LogP contribution in [0.1, 0.15) is 6.92 Å². The molecular formula is C14H12Cl3N5O6. The van der Waals surface area contributed by atoms with Gasteiger partial charge in [-0.05, 0) is 19.1 Å². The molecular weight excluding hydrogens is 441 g/mol. The van der Waals surface area contributed by atoms with Crippen LogP contribution >= 0.6 is 34.8 Å². The first kappa shape index (κ1) is 23.3. The van der Waals surface area contributed by atoms with Gasteiger partial charge in [-0.3, -0.25) is 25.0 Å². The van der Waals surface area contributed by atoms with E-state index >= 15 is 0 Å². The number of ether oxygens (including phenoxy) is 1. The first-order chi connectivity index (χ1) is 13.1. The zero-order valence-electron chi connectivity index (χ0n) is 14.1. The molecule has 1 N–H and O–H groups in total. The van der Waals surface area contributed by atoms with E-state index in [0.29, 0.717) is 0 Å². The Kier molecular flexibility index (Phi) is 9.28. The first-order valence-electron chi connectivity index (χ1n) is 7.32. The van der Waals surface area contributed by atoms with Crippen LogP contribution < -0.4 is 5.32 Å². The summed E-state index contributed by atoms with van der Waals surface area (Å²) in [5.41, 5.74) is -0.491. The van der Waals surface area contributed by atoms with E-state index in [1.807, 2.05) is 0 Å². The third kappa shape index (κ3) is 7.47. The minimum atomic E-state index is -0.619. The van der Waals surface area contributed by atoms with Crippen molar-refractivity contribution in [1.29, 1.82) is 0 Å². The van der Waals surface area contributed by atoms with Gasteiger partial charge < -0.3 is 10.1 Å². The lowest BCUT2D eigenvalue weighted by Crippen LogP contribution is -2.18. The minimum absolute atomic E-state index is 0.0597. The van der Waals surface area contributed by atoms with Crippen LogP contribution in [0.3, 0.4) is 0 Å². The second kappa shape index (κ2) is 11.2. The Balaban J connectivity index is 0.000000307. The summed E-state index contributed by atoms with van der Waals surface area (Å²) in [6.07, 6.45) is 0. The average Bonchev–Trinajstić information content (AvgIpc) is 2.60. The van der Waals surface area contributed by atoms with E-state index in [4.69, 9.17) is 34.8 Å². The molecule has 0 aliphatic carbocycles. The molecule has 0 bridgehead atoms. The minimum Gasteiger partial charge on any atom is -0.465 e. The summed E-state index contributed by atoms with van der Waals surface area (Å²) >= 11 is 16.4. The second-order valence-electron chi connectivity index (χ2n) is 4.62. The zero-order valence-corrected chi connectivity index (χ0v) is 16.4. The fourth-order valence-corrected chi connectivity index (χ4v) is 2.18. The number of nitrogens with one attached hydrogen (secondary N) is 1. The zero-order chi connectivity index (χ0) is 21.3. The summed E-state index contributed by atoms with van der Waals surface area (Å²) in [7, 11) is 0. The molecule has 0 aliphatic heterocycles. The Morgan fingerprint density at radius 1 is 1.04 bits per heavy atom. The van der Waals surface area contributed by atoms with Crippen molar-refractivity contribution in [1.82, 2.24) is 9.97 Å². The van der Waals surface area contributed by atoms with Crippen molar-refractivity contribution < 1.29 is 19.4 Å². The summed E-state index contributed by atoms with van der Waals surface area (Å²) in [5.74, 6) is -0.584. The molecule has 2 heterocycles. The normalized spacial score (nSPS) is 9.71. The van der Waals surface area contributed by atoms with Crippen LogP contribution in [0.25, 0.3) is 0 Å². The number of anilines is 1. The number of nitrogens with zero attached hydrogens (tertiary/aromatic N) is 4. The Morgan fingerprint density at radius 2 is 1.57 bits per heavy atom. The fourth-order valence-electron chi connectivity index (χ4n) is 1.61. The van der Waals surface area contributed by atoms with Crippen molar-refractivity contribution in [2.24, 2.45) is 0 Å². The predicted molar refractivity (Wildman–Crippen MR) is 102 cm³/mol. The predicted octanol–water partition coefficient (Wildman–Crippen LogP) is 3.91. The summed E-state index contributed by atoms with van der Waals surface area (Å²) in [4.78, 5) is 37.9. The van der Waals surface area contributed by atoms with Crippen molar-refractivity contribution in [3.05, 3.63) is 60.0 Å². The Bertz CT molecular complexity index is 883. The van der Waals surface area contributed by atoms with E-state index in [1.54, 1.807) is 6.92 Å². The molecule has 0 atom stereocenters. The molecule has 0 aliphatic rings. The van der Waals surface area contributed by atoms with Gasteiger partial charge in [-0.25, -0.2) is 9.97 Å². The topological polar surface area (TPSA) is 150 Å². The lowest BCUT2D eigenvalue weighted by molar-refractivity contribution is -0.385. The SMILES string of the molecule is CCOC(=O)CNc1nc(Cl)ccc1[N+](=O)[O-].O=[N+]([O-])c1ccc(Cl)nc1Cl. The molecule has 0 unspecified atom stereocenters. The smallest absolute Gasteiger partial charge is 0.325 e. The Hall–Kier alpha value is -2.76. The summed E-state index contributed by atoms with van der Waals surface area (Å²) in [6, 6.07) is 5.03. The molecule has 0 saturated carbocycles. The highest BCUT2D eigenvalue weighted by Crippen LogP contribution is 2.24. The molecule has 0 fully saturated rings.